The third kappa shape index (κ3) is 3.83. The zero-order valence-corrected chi connectivity index (χ0v) is 12.5. The van der Waals surface area contributed by atoms with Gasteiger partial charge in [-0.3, -0.25) is 4.98 Å². The van der Waals surface area contributed by atoms with Crippen LogP contribution in [0.1, 0.15) is 16.1 Å². The quantitative estimate of drug-likeness (QED) is 0.682. The van der Waals surface area contributed by atoms with Gasteiger partial charge in [-0.15, -0.1) is 0 Å². The van der Waals surface area contributed by atoms with E-state index in [9.17, 15) is 9.18 Å². The average molecular weight is 329 g/mol. The normalized spacial score (nSPS) is 10.3. The van der Waals surface area contributed by atoms with Gasteiger partial charge in [0.1, 0.15) is 0 Å². The van der Waals surface area contributed by atoms with Crippen LogP contribution >= 0.6 is 23.2 Å². The van der Waals surface area contributed by atoms with E-state index in [0.29, 0.717) is 23.5 Å². The topological polar surface area (TPSA) is 51.2 Å². The lowest BCUT2D eigenvalue weighted by Gasteiger charge is -2.08. The van der Waals surface area contributed by atoms with Gasteiger partial charge in [0.05, 0.1) is 35.0 Å². The number of esters is 1. The number of ether oxygens (including phenoxy) is 1. The van der Waals surface area contributed by atoms with Gasteiger partial charge >= 0.3 is 5.97 Å². The Labute approximate surface area is 130 Å². The molecule has 1 aromatic heterocycles. The molecule has 21 heavy (non-hydrogen) atoms. The van der Waals surface area contributed by atoms with Crippen LogP contribution in [0.25, 0.3) is 0 Å². The molecule has 0 atom stereocenters. The smallest absolute Gasteiger partial charge is 0.339 e. The molecule has 0 spiro atoms. The van der Waals surface area contributed by atoms with Crippen LogP contribution in [0.2, 0.25) is 10.0 Å². The van der Waals surface area contributed by atoms with Crippen molar-refractivity contribution >= 4 is 34.9 Å². The SMILES string of the molecule is COC(=O)c1ccc(CNc2cc(Cl)c(F)c(Cl)c2)nc1. The second-order valence-electron chi connectivity index (χ2n) is 4.14. The van der Waals surface area contributed by atoms with Gasteiger partial charge in [-0.2, -0.15) is 0 Å². The number of nitrogens with zero attached hydrogens (tertiary/aromatic N) is 1. The lowest BCUT2D eigenvalue weighted by atomic mass is 10.2. The molecule has 0 saturated carbocycles. The molecule has 0 saturated heterocycles. The first-order chi connectivity index (χ1) is 10.0. The van der Waals surface area contributed by atoms with E-state index in [0.717, 1.165) is 0 Å². The van der Waals surface area contributed by atoms with Gasteiger partial charge < -0.3 is 10.1 Å². The summed E-state index contributed by atoms with van der Waals surface area (Å²) in [5.41, 5.74) is 1.64. The average Bonchev–Trinajstić information content (AvgIpc) is 2.50. The molecule has 0 aliphatic heterocycles. The first-order valence-electron chi connectivity index (χ1n) is 5.93. The van der Waals surface area contributed by atoms with Crippen molar-refractivity contribution < 1.29 is 13.9 Å². The van der Waals surface area contributed by atoms with Crippen LogP contribution in [0.15, 0.2) is 30.5 Å². The highest BCUT2D eigenvalue weighted by Gasteiger charge is 2.08. The van der Waals surface area contributed by atoms with Crippen molar-refractivity contribution in [1.29, 1.82) is 0 Å². The third-order valence-corrected chi connectivity index (χ3v) is 3.25. The van der Waals surface area contributed by atoms with Crippen molar-refractivity contribution in [3.8, 4) is 0 Å². The number of carbonyl (C=O) groups is 1. The van der Waals surface area contributed by atoms with Crippen LogP contribution in [0, 0.1) is 5.82 Å². The maximum atomic E-state index is 13.3. The standard InChI is InChI=1S/C14H11Cl2FN2O2/c1-21-14(20)8-2-3-9(18-6-8)7-19-10-4-11(15)13(17)12(16)5-10/h2-6,19H,7H2,1H3. The highest BCUT2D eigenvalue weighted by Crippen LogP contribution is 2.27. The van der Waals surface area contributed by atoms with E-state index >= 15 is 0 Å². The van der Waals surface area contributed by atoms with E-state index in [1.165, 1.54) is 25.4 Å². The van der Waals surface area contributed by atoms with E-state index in [2.05, 4.69) is 15.0 Å². The van der Waals surface area contributed by atoms with Gasteiger partial charge in [0.2, 0.25) is 0 Å². The molecule has 1 heterocycles. The largest absolute Gasteiger partial charge is 0.465 e. The number of pyridine rings is 1. The predicted molar refractivity (Wildman–Crippen MR) is 79.3 cm³/mol. The minimum Gasteiger partial charge on any atom is -0.465 e. The summed E-state index contributed by atoms with van der Waals surface area (Å²) in [7, 11) is 1.31. The molecule has 7 heteroatoms. The zero-order chi connectivity index (χ0) is 15.4. The summed E-state index contributed by atoms with van der Waals surface area (Å²) in [6.45, 7) is 0.375. The molecule has 0 aliphatic rings. The Balaban J connectivity index is 2.05. The minimum atomic E-state index is -0.649. The van der Waals surface area contributed by atoms with Crippen LogP contribution < -0.4 is 5.32 Å². The maximum Gasteiger partial charge on any atom is 0.339 e. The Morgan fingerprint density at radius 3 is 2.52 bits per heavy atom. The molecule has 4 nitrogen and oxygen atoms in total. The van der Waals surface area contributed by atoms with Crippen LogP contribution in [-0.2, 0) is 11.3 Å². The molecular formula is C14H11Cl2FN2O2. The van der Waals surface area contributed by atoms with Crippen molar-refractivity contribution in [1.82, 2.24) is 4.98 Å². The fourth-order valence-corrected chi connectivity index (χ4v) is 2.10. The minimum absolute atomic E-state index is 0.0565. The number of hydrogen-bond donors (Lipinski definition) is 1. The molecule has 0 bridgehead atoms. The van der Waals surface area contributed by atoms with Crippen molar-refractivity contribution in [2.45, 2.75) is 6.54 Å². The Hall–Kier alpha value is -1.85. The lowest BCUT2D eigenvalue weighted by molar-refractivity contribution is 0.0600. The van der Waals surface area contributed by atoms with Crippen molar-refractivity contribution in [2.75, 3.05) is 12.4 Å². The van der Waals surface area contributed by atoms with Crippen LogP contribution in [0.4, 0.5) is 10.1 Å². The van der Waals surface area contributed by atoms with E-state index in [4.69, 9.17) is 23.2 Å². The van der Waals surface area contributed by atoms with Crippen molar-refractivity contribution in [3.63, 3.8) is 0 Å². The molecule has 1 N–H and O–H groups in total. The number of halogens is 3. The lowest BCUT2D eigenvalue weighted by Crippen LogP contribution is -2.05. The summed E-state index contributed by atoms with van der Waals surface area (Å²) in [4.78, 5) is 15.4. The molecule has 0 amide bonds. The first-order valence-corrected chi connectivity index (χ1v) is 6.68. The Morgan fingerprint density at radius 2 is 2.00 bits per heavy atom. The van der Waals surface area contributed by atoms with Crippen LogP contribution in [-0.4, -0.2) is 18.1 Å². The molecule has 1 aromatic carbocycles. The summed E-state index contributed by atoms with van der Waals surface area (Å²) < 4.78 is 17.9. The van der Waals surface area contributed by atoms with Crippen LogP contribution in [0.5, 0.6) is 0 Å². The van der Waals surface area contributed by atoms with Crippen molar-refractivity contribution in [3.05, 3.63) is 57.6 Å². The Bertz CT molecular complexity index is 640. The van der Waals surface area contributed by atoms with Gasteiger partial charge in [0, 0.05) is 11.9 Å². The van der Waals surface area contributed by atoms with Gasteiger partial charge in [-0.1, -0.05) is 23.2 Å². The number of benzene rings is 1. The predicted octanol–water partition coefficient (Wildman–Crippen LogP) is 3.93. The van der Waals surface area contributed by atoms with Gasteiger partial charge in [-0.25, -0.2) is 9.18 Å². The second kappa shape index (κ2) is 6.74. The van der Waals surface area contributed by atoms with E-state index < -0.39 is 11.8 Å². The summed E-state index contributed by atoms with van der Waals surface area (Å²) in [5.74, 6) is -1.09. The number of carbonyl (C=O) groups excluding carboxylic acids is 1. The number of nitrogens with one attached hydrogen (secondary N) is 1. The number of anilines is 1. The number of methoxy groups -OCH3 is 1. The molecule has 2 rings (SSSR count). The van der Waals surface area contributed by atoms with Crippen LogP contribution in [0.3, 0.4) is 0 Å². The first kappa shape index (κ1) is 15.5. The second-order valence-corrected chi connectivity index (χ2v) is 4.95. The molecule has 0 fully saturated rings. The zero-order valence-electron chi connectivity index (χ0n) is 11.0. The molecular weight excluding hydrogens is 318 g/mol. The summed E-state index contributed by atoms with van der Waals surface area (Å²) in [6, 6.07) is 6.17. The molecule has 0 unspecified atom stereocenters. The molecule has 0 aliphatic carbocycles. The summed E-state index contributed by atoms with van der Waals surface area (Å²) in [6.07, 6.45) is 1.42. The van der Waals surface area contributed by atoms with Gasteiger partial charge in [0.25, 0.3) is 0 Å². The molecule has 0 radical (unpaired) electrons. The fourth-order valence-electron chi connectivity index (χ4n) is 1.62. The highest BCUT2D eigenvalue weighted by atomic mass is 35.5. The monoisotopic (exact) mass is 328 g/mol. The van der Waals surface area contributed by atoms with Gasteiger partial charge in [0.15, 0.2) is 5.82 Å². The fraction of sp³-hybridized carbons (Fsp3) is 0.143. The molecule has 110 valence electrons. The molecule has 2 aromatic rings. The Morgan fingerprint density at radius 1 is 1.33 bits per heavy atom. The summed E-state index contributed by atoms with van der Waals surface area (Å²) in [5, 5.41) is 2.91. The third-order valence-electron chi connectivity index (χ3n) is 2.70. The van der Waals surface area contributed by atoms with Gasteiger partial charge in [-0.05, 0) is 24.3 Å². The number of aromatic nitrogens is 1. The Kier molecular flexibility index (Phi) is 4.98. The number of hydrogen-bond acceptors (Lipinski definition) is 4. The number of rotatable bonds is 4. The summed E-state index contributed by atoms with van der Waals surface area (Å²) >= 11 is 11.4. The highest BCUT2D eigenvalue weighted by molar-refractivity contribution is 6.35. The van der Waals surface area contributed by atoms with Crippen molar-refractivity contribution in [2.24, 2.45) is 0 Å². The van der Waals surface area contributed by atoms with E-state index in [-0.39, 0.29) is 10.0 Å². The van der Waals surface area contributed by atoms with E-state index in [1.54, 1.807) is 12.1 Å². The maximum absolute atomic E-state index is 13.3. The van der Waals surface area contributed by atoms with E-state index in [1.807, 2.05) is 0 Å².